The molecule has 0 aromatic carbocycles. The molecule has 0 amide bonds. The summed E-state index contributed by atoms with van der Waals surface area (Å²) in [5, 5.41) is 4.13. The summed E-state index contributed by atoms with van der Waals surface area (Å²) in [5.41, 5.74) is 0. The van der Waals surface area contributed by atoms with Crippen molar-refractivity contribution in [3.8, 4) is 0 Å². The standard InChI is InChI=1S/C9H16N2/c1-9(2)5-3-7-11-8-4-6-10-11/h4,6,8-9H,3,5,7H2,1-2H3. The van der Waals surface area contributed by atoms with Gasteiger partial charge < -0.3 is 0 Å². The molecule has 0 aliphatic heterocycles. The van der Waals surface area contributed by atoms with Crippen LogP contribution in [0.25, 0.3) is 0 Å². The number of aryl methyl sites for hydroxylation is 1. The van der Waals surface area contributed by atoms with E-state index >= 15 is 0 Å². The molecule has 1 rings (SSSR count). The third kappa shape index (κ3) is 3.21. The van der Waals surface area contributed by atoms with Crippen LogP contribution in [-0.2, 0) is 6.54 Å². The van der Waals surface area contributed by atoms with E-state index in [1.54, 1.807) is 0 Å². The summed E-state index contributed by atoms with van der Waals surface area (Å²) in [6, 6.07) is 1.97. The van der Waals surface area contributed by atoms with Gasteiger partial charge in [0.25, 0.3) is 0 Å². The second-order valence-electron chi connectivity index (χ2n) is 3.31. The topological polar surface area (TPSA) is 17.8 Å². The second kappa shape index (κ2) is 4.16. The van der Waals surface area contributed by atoms with Crippen molar-refractivity contribution in [3.63, 3.8) is 0 Å². The predicted octanol–water partition coefficient (Wildman–Crippen LogP) is 2.32. The van der Waals surface area contributed by atoms with Crippen LogP contribution in [0, 0.1) is 5.92 Å². The van der Waals surface area contributed by atoms with Gasteiger partial charge in [-0.25, -0.2) is 0 Å². The molecule has 0 spiro atoms. The molecule has 2 nitrogen and oxygen atoms in total. The van der Waals surface area contributed by atoms with Crippen molar-refractivity contribution in [1.29, 1.82) is 0 Å². The molecule has 1 aromatic rings. The molecule has 0 atom stereocenters. The number of aromatic nitrogens is 2. The molecule has 0 radical (unpaired) electrons. The minimum absolute atomic E-state index is 0.811. The quantitative estimate of drug-likeness (QED) is 0.647. The predicted molar refractivity (Wildman–Crippen MR) is 46.3 cm³/mol. The van der Waals surface area contributed by atoms with Crippen molar-refractivity contribution >= 4 is 0 Å². The molecule has 1 aromatic heterocycles. The van der Waals surface area contributed by atoms with Crippen molar-refractivity contribution in [2.24, 2.45) is 5.92 Å². The zero-order valence-electron chi connectivity index (χ0n) is 7.33. The fourth-order valence-corrected chi connectivity index (χ4v) is 1.09. The SMILES string of the molecule is CC(C)CCCn1cccn1. The van der Waals surface area contributed by atoms with Crippen molar-refractivity contribution in [2.75, 3.05) is 0 Å². The van der Waals surface area contributed by atoms with Crippen LogP contribution in [0.5, 0.6) is 0 Å². The highest BCUT2D eigenvalue weighted by molar-refractivity contribution is 4.77. The average Bonchev–Trinajstić information content (AvgIpc) is 2.39. The Morgan fingerprint density at radius 2 is 2.27 bits per heavy atom. The van der Waals surface area contributed by atoms with Crippen LogP contribution in [0.4, 0.5) is 0 Å². The van der Waals surface area contributed by atoms with E-state index in [0.717, 1.165) is 12.5 Å². The lowest BCUT2D eigenvalue weighted by Gasteiger charge is -2.03. The smallest absolute Gasteiger partial charge is 0.0489 e. The normalized spacial score (nSPS) is 10.8. The summed E-state index contributed by atoms with van der Waals surface area (Å²) in [6.45, 7) is 5.57. The molecule has 62 valence electrons. The highest BCUT2D eigenvalue weighted by Crippen LogP contribution is 2.04. The van der Waals surface area contributed by atoms with Gasteiger partial charge in [0.2, 0.25) is 0 Å². The van der Waals surface area contributed by atoms with Crippen molar-refractivity contribution in [3.05, 3.63) is 18.5 Å². The summed E-state index contributed by atoms with van der Waals surface area (Å²) in [4.78, 5) is 0. The van der Waals surface area contributed by atoms with Crippen LogP contribution in [-0.4, -0.2) is 9.78 Å². The van der Waals surface area contributed by atoms with E-state index < -0.39 is 0 Å². The van der Waals surface area contributed by atoms with E-state index in [0.29, 0.717) is 0 Å². The molecule has 0 N–H and O–H groups in total. The van der Waals surface area contributed by atoms with Crippen LogP contribution in [0.15, 0.2) is 18.5 Å². The molecule has 0 aliphatic rings. The molecule has 11 heavy (non-hydrogen) atoms. The Morgan fingerprint density at radius 3 is 2.82 bits per heavy atom. The maximum absolute atomic E-state index is 4.13. The highest BCUT2D eigenvalue weighted by atomic mass is 15.3. The van der Waals surface area contributed by atoms with Gasteiger partial charge in [-0.3, -0.25) is 4.68 Å². The lowest BCUT2D eigenvalue weighted by atomic mass is 10.1. The molecule has 0 saturated heterocycles. The number of hydrogen-bond donors (Lipinski definition) is 0. The van der Waals surface area contributed by atoms with Crippen LogP contribution >= 0.6 is 0 Å². The van der Waals surface area contributed by atoms with Crippen LogP contribution < -0.4 is 0 Å². The van der Waals surface area contributed by atoms with Gasteiger partial charge in [-0.15, -0.1) is 0 Å². The fourth-order valence-electron chi connectivity index (χ4n) is 1.09. The molecular formula is C9H16N2. The number of rotatable bonds is 4. The Kier molecular flexibility index (Phi) is 3.14. The summed E-state index contributed by atoms with van der Waals surface area (Å²) in [5.74, 6) is 0.811. The molecule has 0 fully saturated rings. The van der Waals surface area contributed by atoms with E-state index in [2.05, 4.69) is 18.9 Å². The van der Waals surface area contributed by atoms with Crippen molar-refractivity contribution in [1.82, 2.24) is 9.78 Å². The van der Waals surface area contributed by atoms with Gasteiger partial charge in [0.1, 0.15) is 0 Å². The van der Waals surface area contributed by atoms with E-state index in [4.69, 9.17) is 0 Å². The lowest BCUT2D eigenvalue weighted by molar-refractivity contribution is 0.490. The Balaban J connectivity index is 2.14. The molecule has 0 unspecified atom stereocenters. The van der Waals surface area contributed by atoms with Gasteiger partial charge in [-0.2, -0.15) is 5.10 Å². The van der Waals surface area contributed by atoms with Crippen LogP contribution in [0.1, 0.15) is 26.7 Å². The molecular weight excluding hydrogens is 136 g/mol. The van der Waals surface area contributed by atoms with Crippen LogP contribution in [0.3, 0.4) is 0 Å². The third-order valence-corrected chi connectivity index (χ3v) is 1.73. The van der Waals surface area contributed by atoms with E-state index in [1.165, 1.54) is 12.8 Å². The minimum atomic E-state index is 0.811. The first kappa shape index (κ1) is 8.31. The number of nitrogens with zero attached hydrogens (tertiary/aromatic N) is 2. The Morgan fingerprint density at radius 1 is 1.45 bits per heavy atom. The highest BCUT2D eigenvalue weighted by Gasteiger charge is 1.94. The van der Waals surface area contributed by atoms with Gasteiger partial charge in [0.05, 0.1) is 0 Å². The number of hydrogen-bond acceptors (Lipinski definition) is 1. The molecule has 0 aliphatic carbocycles. The first-order valence-electron chi connectivity index (χ1n) is 4.26. The van der Waals surface area contributed by atoms with Gasteiger partial charge in [0, 0.05) is 18.9 Å². The van der Waals surface area contributed by atoms with Gasteiger partial charge in [0.15, 0.2) is 0 Å². The maximum Gasteiger partial charge on any atom is 0.0489 e. The zero-order valence-corrected chi connectivity index (χ0v) is 7.33. The van der Waals surface area contributed by atoms with E-state index in [-0.39, 0.29) is 0 Å². The van der Waals surface area contributed by atoms with Crippen molar-refractivity contribution in [2.45, 2.75) is 33.2 Å². The van der Waals surface area contributed by atoms with Crippen LogP contribution in [0.2, 0.25) is 0 Å². The molecule has 0 bridgehead atoms. The Bertz CT molecular complexity index is 177. The first-order chi connectivity index (χ1) is 5.29. The monoisotopic (exact) mass is 152 g/mol. The lowest BCUT2D eigenvalue weighted by Crippen LogP contribution is -1.99. The summed E-state index contributed by atoms with van der Waals surface area (Å²) in [7, 11) is 0. The fraction of sp³-hybridized carbons (Fsp3) is 0.667. The van der Waals surface area contributed by atoms with Gasteiger partial charge in [-0.05, 0) is 24.8 Å². The average molecular weight is 152 g/mol. The zero-order chi connectivity index (χ0) is 8.10. The molecule has 0 saturated carbocycles. The third-order valence-electron chi connectivity index (χ3n) is 1.73. The summed E-state index contributed by atoms with van der Waals surface area (Å²) < 4.78 is 1.99. The first-order valence-corrected chi connectivity index (χ1v) is 4.26. The molecule has 1 heterocycles. The van der Waals surface area contributed by atoms with Gasteiger partial charge in [-0.1, -0.05) is 13.8 Å². The van der Waals surface area contributed by atoms with Crippen molar-refractivity contribution < 1.29 is 0 Å². The molecule has 2 heteroatoms. The summed E-state index contributed by atoms with van der Waals surface area (Å²) in [6.07, 6.45) is 6.37. The second-order valence-corrected chi connectivity index (χ2v) is 3.31. The van der Waals surface area contributed by atoms with Gasteiger partial charge >= 0.3 is 0 Å². The minimum Gasteiger partial charge on any atom is -0.273 e. The maximum atomic E-state index is 4.13. The van der Waals surface area contributed by atoms with E-state index in [9.17, 15) is 0 Å². The Hall–Kier alpha value is -0.790. The Labute approximate surface area is 68.2 Å². The summed E-state index contributed by atoms with van der Waals surface area (Å²) >= 11 is 0. The largest absolute Gasteiger partial charge is 0.273 e. The van der Waals surface area contributed by atoms with E-state index in [1.807, 2.05) is 23.1 Å².